The summed E-state index contributed by atoms with van der Waals surface area (Å²) in [4.78, 5) is 29.5. The van der Waals surface area contributed by atoms with E-state index in [1.165, 1.54) is 0 Å². The normalized spacial score (nSPS) is 19.7. The molecule has 4 rings (SSSR count). The minimum Gasteiger partial charge on any atom is -0.493 e. The first-order valence-corrected chi connectivity index (χ1v) is 15.0. The molecule has 2 unspecified atom stereocenters. The molecular formula is C33H45NO9. The zero-order valence-corrected chi connectivity index (χ0v) is 26.0. The maximum Gasteiger partial charge on any atom is 0.329 e. The van der Waals surface area contributed by atoms with Crippen molar-refractivity contribution in [3.63, 3.8) is 0 Å². The maximum absolute atomic E-state index is 14.7. The van der Waals surface area contributed by atoms with Crippen LogP contribution in [0.15, 0.2) is 30.3 Å². The lowest BCUT2D eigenvalue weighted by atomic mass is 9.74. The number of amides is 1. The summed E-state index contributed by atoms with van der Waals surface area (Å²) in [5.74, 6) is 1.35. The lowest BCUT2D eigenvalue weighted by Gasteiger charge is -2.46. The van der Waals surface area contributed by atoms with Gasteiger partial charge in [0.25, 0.3) is 0 Å². The van der Waals surface area contributed by atoms with Crippen LogP contribution in [-0.2, 0) is 9.59 Å². The Morgan fingerprint density at radius 1 is 0.837 bits per heavy atom. The number of aliphatic carboxylic acids is 1. The van der Waals surface area contributed by atoms with E-state index < -0.39 is 17.4 Å². The van der Waals surface area contributed by atoms with Gasteiger partial charge in [-0.25, -0.2) is 4.79 Å². The minimum absolute atomic E-state index is 0.0699. The van der Waals surface area contributed by atoms with Crippen molar-refractivity contribution in [1.29, 1.82) is 0 Å². The van der Waals surface area contributed by atoms with Crippen molar-refractivity contribution < 1.29 is 43.1 Å². The molecule has 10 nitrogen and oxygen atoms in total. The Balaban J connectivity index is 1.68. The summed E-state index contributed by atoms with van der Waals surface area (Å²) >= 11 is 0. The van der Waals surface area contributed by atoms with E-state index in [0.29, 0.717) is 53.9 Å². The third kappa shape index (κ3) is 6.73. The summed E-state index contributed by atoms with van der Waals surface area (Å²) in [6.07, 6.45) is 6.93. The first-order chi connectivity index (χ1) is 20.8. The van der Waals surface area contributed by atoms with E-state index in [4.69, 9.17) is 28.4 Å². The van der Waals surface area contributed by atoms with E-state index in [1.54, 1.807) is 58.6 Å². The molecular weight excluding hydrogens is 554 g/mol. The van der Waals surface area contributed by atoms with Crippen molar-refractivity contribution in [2.45, 2.75) is 69.2 Å². The van der Waals surface area contributed by atoms with Gasteiger partial charge in [-0.1, -0.05) is 19.3 Å². The predicted molar refractivity (Wildman–Crippen MR) is 161 cm³/mol. The van der Waals surface area contributed by atoms with E-state index >= 15 is 0 Å². The fourth-order valence-corrected chi connectivity index (χ4v) is 6.72. The molecule has 1 aliphatic heterocycles. The molecule has 10 heteroatoms. The number of nitrogens with zero attached hydrogens (tertiary/aromatic N) is 1. The van der Waals surface area contributed by atoms with Crippen molar-refractivity contribution in [1.82, 2.24) is 4.90 Å². The van der Waals surface area contributed by atoms with E-state index in [9.17, 15) is 14.7 Å². The molecule has 1 saturated carbocycles. The van der Waals surface area contributed by atoms with Crippen LogP contribution in [0.3, 0.4) is 0 Å². The minimum atomic E-state index is -1.39. The number of carbonyl (C=O) groups excluding carboxylic acids is 1. The summed E-state index contributed by atoms with van der Waals surface area (Å²) in [6.45, 7) is 0.485. The fourth-order valence-electron chi connectivity index (χ4n) is 6.72. The standard InChI is InChI=1S/C33H45NO9/c1-38-25-14-13-24(21-26(25)39-2)43-18-16-33(32(36)37)15-9-10-17-34(33)31(35)29(22-11-7-6-8-12-22)23-19-27(40-3)30(42-5)28(20-23)41-4/h13-14,19-22,29H,6-12,15-18H2,1-5H3,(H,36,37). The average molecular weight is 600 g/mol. The number of piperidine rings is 1. The van der Waals surface area contributed by atoms with Gasteiger partial charge in [-0.05, 0) is 67.9 Å². The number of benzene rings is 2. The van der Waals surface area contributed by atoms with Crippen molar-refractivity contribution in [3.8, 4) is 34.5 Å². The highest BCUT2D eigenvalue weighted by Gasteiger charge is 2.50. The lowest BCUT2D eigenvalue weighted by Crippen LogP contribution is -2.61. The Labute approximate surface area is 254 Å². The Kier molecular flexibility index (Phi) is 10.9. The molecule has 43 heavy (non-hydrogen) atoms. The molecule has 1 aliphatic carbocycles. The smallest absolute Gasteiger partial charge is 0.329 e. The van der Waals surface area contributed by atoms with E-state index in [-0.39, 0.29) is 24.9 Å². The second kappa shape index (κ2) is 14.6. The van der Waals surface area contributed by atoms with E-state index in [1.807, 2.05) is 12.1 Å². The van der Waals surface area contributed by atoms with Gasteiger partial charge >= 0.3 is 5.97 Å². The number of rotatable bonds is 13. The quantitative estimate of drug-likeness (QED) is 0.310. The van der Waals surface area contributed by atoms with Crippen LogP contribution >= 0.6 is 0 Å². The van der Waals surface area contributed by atoms with Crippen molar-refractivity contribution in [2.24, 2.45) is 5.92 Å². The third-order valence-electron chi connectivity index (χ3n) is 8.98. The van der Waals surface area contributed by atoms with Gasteiger partial charge in [-0.2, -0.15) is 0 Å². The van der Waals surface area contributed by atoms with Gasteiger partial charge in [0.05, 0.1) is 48.1 Å². The molecule has 1 amide bonds. The number of carbonyl (C=O) groups is 2. The number of methoxy groups -OCH3 is 5. The summed E-state index contributed by atoms with van der Waals surface area (Å²) < 4.78 is 33.5. The van der Waals surface area contributed by atoms with Crippen LogP contribution in [0, 0.1) is 5.92 Å². The lowest BCUT2D eigenvalue weighted by molar-refractivity contribution is -0.165. The summed E-state index contributed by atoms with van der Waals surface area (Å²) in [5, 5.41) is 10.7. The van der Waals surface area contributed by atoms with Crippen LogP contribution in [0.25, 0.3) is 0 Å². The molecule has 0 aromatic heterocycles. The first-order valence-electron chi connectivity index (χ1n) is 15.0. The van der Waals surface area contributed by atoms with Crippen LogP contribution in [0.1, 0.15) is 69.3 Å². The highest BCUT2D eigenvalue weighted by atomic mass is 16.5. The molecule has 0 radical (unpaired) electrons. The number of ether oxygens (including phenoxy) is 6. The number of carboxylic acids is 1. The molecule has 2 aromatic rings. The summed E-state index contributed by atoms with van der Waals surface area (Å²) in [5.41, 5.74) is -0.641. The molecule has 236 valence electrons. The van der Waals surface area contributed by atoms with Gasteiger partial charge in [0, 0.05) is 19.0 Å². The molecule has 0 bridgehead atoms. The van der Waals surface area contributed by atoms with Gasteiger partial charge < -0.3 is 38.4 Å². The van der Waals surface area contributed by atoms with Gasteiger partial charge in [-0.15, -0.1) is 0 Å². The highest BCUT2D eigenvalue weighted by Crippen LogP contribution is 2.46. The number of likely N-dealkylation sites (tertiary alicyclic amines) is 1. The Morgan fingerprint density at radius 2 is 1.49 bits per heavy atom. The van der Waals surface area contributed by atoms with Gasteiger partial charge in [0.2, 0.25) is 11.7 Å². The number of hydrogen-bond donors (Lipinski definition) is 1. The summed E-state index contributed by atoms with van der Waals surface area (Å²) in [6, 6.07) is 8.88. The number of hydrogen-bond acceptors (Lipinski definition) is 8. The first kappa shape index (κ1) is 32.1. The van der Waals surface area contributed by atoms with Crippen molar-refractivity contribution >= 4 is 11.9 Å². The Hall–Kier alpha value is -3.82. The molecule has 2 aromatic carbocycles. The van der Waals surface area contributed by atoms with Crippen LogP contribution in [0.4, 0.5) is 0 Å². The molecule has 2 aliphatic rings. The van der Waals surface area contributed by atoms with Crippen LogP contribution in [0.5, 0.6) is 34.5 Å². The topological polar surface area (TPSA) is 113 Å². The zero-order valence-electron chi connectivity index (χ0n) is 26.0. The second-order valence-electron chi connectivity index (χ2n) is 11.2. The largest absolute Gasteiger partial charge is 0.493 e. The van der Waals surface area contributed by atoms with Crippen LogP contribution in [0.2, 0.25) is 0 Å². The molecule has 1 saturated heterocycles. The van der Waals surface area contributed by atoms with Crippen LogP contribution in [-0.4, -0.2) is 76.1 Å². The average Bonchev–Trinajstić information content (AvgIpc) is 3.04. The SMILES string of the molecule is COc1ccc(OCCC2(C(=O)O)CCCCN2C(=O)C(c2cc(OC)c(OC)c(OC)c2)C2CCCCC2)cc1OC. The molecule has 1 heterocycles. The number of carboxylic acid groups (broad SMARTS) is 1. The molecule has 2 fully saturated rings. The van der Waals surface area contributed by atoms with E-state index in [0.717, 1.165) is 44.1 Å². The van der Waals surface area contributed by atoms with Gasteiger partial charge in [0.1, 0.15) is 11.3 Å². The van der Waals surface area contributed by atoms with Gasteiger partial charge in [0.15, 0.2) is 23.0 Å². The van der Waals surface area contributed by atoms with Crippen molar-refractivity contribution in [3.05, 3.63) is 35.9 Å². The Bertz CT molecular complexity index is 1230. The van der Waals surface area contributed by atoms with Crippen LogP contribution < -0.4 is 28.4 Å². The molecule has 2 atom stereocenters. The maximum atomic E-state index is 14.7. The molecule has 1 N–H and O–H groups in total. The van der Waals surface area contributed by atoms with Crippen molar-refractivity contribution in [2.75, 3.05) is 48.7 Å². The fraction of sp³-hybridized carbons (Fsp3) is 0.576. The third-order valence-corrected chi connectivity index (χ3v) is 8.98. The highest BCUT2D eigenvalue weighted by molar-refractivity contribution is 5.91. The predicted octanol–water partition coefficient (Wildman–Crippen LogP) is 5.70. The van der Waals surface area contributed by atoms with Gasteiger partial charge in [-0.3, -0.25) is 4.79 Å². The summed E-state index contributed by atoms with van der Waals surface area (Å²) in [7, 11) is 7.75. The Morgan fingerprint density at radius 3 is 2.07 bits per heavy atom. The molecule has 0 spiro atoms. The monoisotopic (exact) mass is 599 g/mol. The zero-order chi connectivity index (χ0) is 31.0. The second-order valence-corrected chi connectivity index (χ2v) is 11.2. The van der Waals surface area contributed by atoms with E-state index in [2.05, 4.69) is 0 Å².